The smallest absolute Gasteiger partial charge is 0.293 e. The highest BCUT2D eigenvalue weighted by atomic mass is 32.2. The molecule has 8 nitrogen and oxygen atoms in total. The average molecular weight is 399 g/mol. The molecule has 2 aromatic rings. The molecule has 1 saturated heterocycles. The quantitative estimate of drug-likeness (QED) is 0.588. The number of nitro groups is 1. The van der Waals surface area contributed by atoms with Gasteiger partial charge in [-0.2, -0.15) is 0 Å². The molecule has 1 aliphatic rings. The van der Waals surface area contributed by atoms with Gasteiger partial charge in [-0.3, -0.25) is 10.1 Å². The van der Waals surface area contributed by atoms with Crippen molar-refractivity contribution in [2.24, 2.45) is 5.14 Å². The lowest BCUT2D eigenvalue weighted by Gasteiger charge is -2.21. The first-order valence-corrected chi connectivity index (χ1v) is 9.36. The molecule has 0 radical (unpaired) electrons. The van der Waals surface area contributed by atoms with Crippen LogP contribution >= 0.6 is 0 Å². The minimum Gasteiger partial charge on any atom is -0.374 e. The van der Waals surface area contributed by atoms with Gasteiger partial charge < -0.3 is 10.1 Å². The van der Waals surface area contributed by atoms with Crippen LogP contribution in [-0.4, -0.2) is 26.0 Å². The van der Waals surface area contributed by atoms with Crippen molar-refractivity contribution in [2.75, 3.05) is 11.9 Å². The fourth-order valence-corrected chi connectivity index (χ4v) is 3.45. The number of halogens is 2. The van der Waals surface area contributed by atoms with E-state index in [0.717, 1.165) is 24.3 Å². The summed E-state index contributed by atoms with van der Waals surface area (Å²) < 4.78 is 55.0. The zero-order valence-electron chi connectivity index (χ0n) is 13.8. The third-order valence-electron chi connectivity index (χ3n) is 4.20. The zero-order chi connectivity index (χ0) is 19.8. The third kappa shape index (κ3) is 4.04. The van der Waals surface area contributed by atoms with Gasteiger partial charge in [-0.1, -0.05) is 6.07 Å². The first-order chi connectivity index (χ1) is 12.7. The number of nitrogens with one attached hydrogen (secondary N) is 1. The van der Waals surface area contributed by atoms with Crippen molar-refractivity contribution in [3.63, 3.8) is 0 Å². The number of rotatable bonds is 5. The second-order valence-electron chi connectivity index (χ2n) is 5.99. The maximum absolute atomic E-state index is 13.5. The molecule has 3 N–H and O–H groups in total. The number of hydrogen-bond acceptors (Lipinski definition) is 6. The summed E-state index contributed by atoms with van der Waals surface area (Å²) in [7, 11) is -4.10. The highest BCUT2D eigenvalue weighted by Crippen LogP contribution is 2.35. The molecule has 2 atom stereocenters. The van der Waals surface area contributed by atoms with Gasteiger partial charge in [0, 0.05) is 12.7 Å². The van der Waals surface area contributed by atoms with Gasteiger partial charge in [0.25, 0.3) is 5.69 Å². The van der Waals surface area contributed by atoms with Crippen molar-refractivity contribution in [2.45, 2.75) is 23.5 Å². The molecule has 1 aliphatic heterocycles. The number of nitrogens with zero attached hydrogens (tertiary/aromatic N) is 1. The van der Waals surface area contributed by atoms with Crippen LogP contribution in [0.15, 0.2) is 41.3 Å². The second-order valence-corrected chi connectivity index (χ2v) is 7.55. The summed E-state index contributed by atoms with van der Waals surface area (Å²) in [6, 6.07) is 6.15. The molecule has 1 fully saturated rings. The minimum atomic E-state index is -4.10. The number of nitrogens with two attached hydrogens (primary N) is 1. The number of benzene rings is 2. The largest absolute Gasteiger partial charge is 0.374 e. The minimum absolute atomic E-state index is 0.0653. The first-order valence-electron chi connectivity index (χ1n) is 7.81. The van der Waals surface area contributed by atoms with Crippen molar-refractivity contribution < 1.29 is 26.9 Å². The molecule has 27 heavy (non-hydrogen) atoms. The van der Waals surface area contributed by atoms with Crippen LogP contribution in [0.4, 0.5) is 20.2 Å². The van der Waals surface area contributed by atoms with E-state index in [-0.39, 0.29) is 10.6 Å². The van der Waals surface area contributed by atoms with Crippen LogP contribution in [0.1, 0.15) is 18.1 Å². The van der Waals surface area contributed by atoms with Crippen molar-refractivity contribution in [3.05, 3.63) is 63.7 Å². The monoisotopic (exact) mass is 399 g/mol. The lowest BCUT2D eigenvalue weighted by molar-refractivity contribution is -0.384. The Hall–Kier alpha value is -2.63. The fraction of sp³-hybridized carbons (Fsp3) is 0.250. The van der Waals surface area contributed by atoms with Crippen molar-refractivity contribution in [1.29, 1.82) is 0 Å². The second kappa shape index (κ2) is 7.18. The van der Waals surface area contributed by atoms with Crippen molar-refractivity contribution in [1.82, 2.24) is 0 Å². The van der Waals surface area contributed by atoms with E-state index in [0.29, 0.717) is 18.6 Å². The Kier molecular flexibility index (Phi) is 5.09. The molecule has 0 spiro atoms. The Balaban J connectivity index is 1.91. The Bertz CT molecular complexity index is 1000. The number of anilines is 1. The number of primary sulfonamides is 1. The van der Waals surface area contributed by atoms with E-state index in [1.54, 1.807) is 0 Å². The molecular formula is C16H15F2N3O5S. The van der Waals surface area contributed by atoms with Gasteiger partial charge in [-0.05, 0) is 36.2 Å². The maximum Gasteiger partial charge on any atom is 0.293 e. The van der Waals surface area contributed by atoms with Crippen LogP contribution in [0.25, 0.3) is 0 Å². The lowest BCUT2D eigenvalue weighted by atomic mass is 10.0. The molecule has 1 heterocycles. The van der Waals surface area contributed by atoms with Crippen molar-refractivity contribution in [3.8, 4) is 0 Å². The lowest BCUT2D eigenvalue weighted by Crippen LogP contribution is -2.24. The number of ether oxygens (including phenoxy) is 1. The summed E-state index contributed by atoms with van der Waals surface area (Å²) in [4.78, 5) is 10.2. The Morgan fingerprint density at radius 2 is 1.93 bits per heavy atom. The van der Waals surface area contributed by atoms with E-state index in [9.17, 15) is 27.3 Å². The molecule has 0 aromatic heterocycles. The van der Waals surface area contributed by atoms with E-state index < -0.39 is 44.4 Å². The zero-order valence-corrected chi connectivity index (χ0v) is 14.6. The number of nitro benzene ring substituents is 1. The SMILES string of the molecule is NS(=O)(=O)c1ccc(NC2CCOC2c2ccc(F)c(F)c2)c([N+](=O)[O-])c1. The highest BCUT2D eigenvalue weighted by molar-refractivity contribution is 7.89. The molecule has 0 amide bonds. The van der Waals surface area contributed by atoms with Gasteiger partial charge >= 0.3 is 0 Å². The molecular weight excluding hydrogens is 384 g/mol. The van der Waals surface area contributed by atoms with Gasteiger partial charge in [0.05, 0.1) is 15.9 Å². The summed E-state index contributed by atoms with van der Waals surface area (Å²) in [5.74, 6) is -2.01. The molecule has 0 saturated carbocycles. The Morgan fingerprint density at radius 3 is 2.56 bits per heavy atom. The summed E-state index contributed by atoms with van der Waals surface area (Å²) in [5.41, 5.74) is -0.0272. The molecule has 0 bridgehead atoms. The van der Waals surface area contributed by atoms with Crippen LogP contribution in [0.3, 0.4) is 0 Å². The van der Waals surface area contributed by atoms with Gasteiger partial charge in [-0.15, -0.1) is 0 Å². The maximum atomic E-state index is 13.5. The molecule has 3 rings (SSSR count). The molecule has 2 unspecified atom stereocenters. The van der Waals surface area contributed by atoms with E-state index >= 15 is 0 Å². The predicted molar refractivity (Wildman–Crippen MR) is 91.5 cm³/mol. The number of hydrogen-bond donors (Lipinski definition) is 2. The van der Waals surface area contributed by atoms with Crippen molar-refractivity contribution >= 4 is 21.4 Å². The van der Waals surface area contributed by atoms with Gasteiger partial charge in [0.1, 0.15) is 11.8 Å². The average Bonchev–Trinajstić information content (AvgIpc) is 3.04. The van der Waals surface area contributed by atoms with Crippen LogP contribution < -0.4 is 10.5 Å². The fourth-order valence-electron chi connectivity index (χ4n) is 2.92. The van der Waals surface area contributed by atoms with Gasteiger partial charge in [0.15, 0.2) is 11.6 Å². The topological polar surface area (TPSA) is 125 Å². The van der Waals surface area contributed by atoms with Gasteiger partial charge in [-0.25, -0.2) is 22.3 Å². The summed E-state index contributed by atoms with van der Waals surface area (Å²) in [6.07, 6.45) is -0.199. The Labute approximate surface area is 153 Å². The summed E-state index contributed by atoms with van der Waals surface area (Å²) in [6.45, 7) is 0.310. The van der Waals surface area contributed by atoms with Crippen LogP contribution in [0.5, 0.6) is 0 Å². The predicted octanol–water partition coefficient (Wildman–Crippen LogP) is 2.46. The molecule has 11 heteroatoms. The Morgan fingerprint density at radius 1 is 1.19 bits per heavy atom. The number of sulfonamides is 1. The molecule has 2 aromatic carbocycles. The standard InChI is InChI=1S/C16H15F2N3O5S/c17-11-3-1-9(7-12(11)18)16-14(5-6-26-16)20-13-4-2-10(27(19,24)25)8-15(13)21(22)23/h1-4,7-8,14,16,20H,5-6H2,(H2,19,24,25). The highest BCUT2D eigenvalue weighted by Gasteiger charge is 2.32. The third-order valence-corrected chi connectivity index (χ3v) is 5.11. The van der Waals surface area contributed by atoms with Crippen LogP contribution in [0.2, 0.25) is 0 Å². The summed E-state index contributed by atoms with van der Waals surface area (Å²) in [5, 5.41) is 19.3. The van der Waals surface area contributed by atoms with Gasteiger partial charge in [0.2, 0.25) is 10.0 Å². The molecule has 0 aliphatic carbocycles. The van der Waals surface area contributed by atoms with Crippen LogP contribution in [-0.2, 0) is 14.8 Å². The van der Waals surface area contributed by atoms with E-state index in [4.69, 9.17) is 9.88 Å². The first kappa shape index (κ1) is 19.1. The van der Waals surface area contributed by atoms with Crippen LogP contribution in [0, 0.1) is 21.7 Å². The van der Waals surface area contributed by atoms with E-state index in [1.165, 1.54) is 12.1 Å². The van der Waals surface area contributed by atoms with E-state index in [1.807, 2.05) is 0 Å². The van der Waals surface area contributed by atoms with E-state index in [2.05, 4.69) is 5.32 Å². The summed E-state index contributed by atoms with van der Waals surface area (Å²) >= 11 is 0. The molecule has 144 valence electrons. The normalized spacial score (nSPS) is 19.8.